The molecule has 2 heterocycles. The quantitative estimate of drug-likeness (QED) is 0.772. The Hall–Kier alpha value is -0.0800. The molecule has 0 radical (unpaired) electrons. The van der Waals surface area contributed by atoms with Gasteiger partial charge in [0.05, 0.1) is 0 Å². The Morgan fingerprint density at radius 1 is 0.947 bits per heavy atom. The maximum atomic E-state index is 2.77. The van der Waals surface area contributed by atoms with Crippen molar-refractivity contribution in [3.05, 3.63) is 0 Å². The molecule has 0 N–H and O–H groups in total. The molecule has 0 unspecified atom stereocenters. The van der Waals surface area contributed by atoms with Crippen LogP contribution in [-0.4, -0.2) is 48.1 Å². The van der Waals surface area contributed by atoms with Crippen LogP contribution in [0.4, 0.5) is 0 Å². The van der Waals surface area contributed by atoms with Crippen molar-refractivity contribution in [2.45, 2.75) is 65.5 Å². The van der Waals surface area contributed by atoms with Crippen LogP contribution < -0.4 is 0 Å². The highest BCUT2D eigenvalue weighted by molar-refractivity contribution is 5.01. The van der Waals surface area contributed by atoms with E-state index >= 15 is 0 Å². The van der Waals surface area contributed by atoms with E-state index in [1.54, 1.807) is 0 Å². The van der Waals surface area contributed by atoms with Crippen molar-refractivity contribution in [2.75, 3.05) is 26.2 Å². The first-order valence-electron chi connectivity index (χ1n) is 8.47. The molecule has 2 nitrogen and oxygen atoms in total. The van der Waals surface area contributed by atoms with E-state index in [2.05, 4.69) is 37.5 Å². The summed E-state index contributed by atoms with van der Waals surface area (Å²) in [6.45, 7) is 15.0. The van der Waals surface area contributed by atoms with E-state index in [-0.39, 0.29) is 0 Å². The molecule has 0 bridgehead atoms. The minimum absolute atomic E-state index is 0.725. The monoisotopic (exact) mass is 264 g/mol. The van der Waals surface area contributed by atoms with E-state index < -0.39 is 0 Å². The highest BCUT2D eigenvalue weighted by atomic mass is 15.2. The third-order valence-corrected chi connectivity index (χ3v) is 6.22. The zero-order valence-electron chi connectivity index (χ0n) is 13.4. The Morgan fingerprint density at radius 3 is 2.00 bits per heavy atom. The summed E-state index contributed by atoms with van der Waals surface area (Å²) in [4.78, 5) is 5.43. The zero-order chi connectivity index (χ0) is 13.6. The average Bonchev–Trinajstić information content (AvgIpc) is 2.24. The lowest BCUT2D eigenvalue weighted by atomic mass is 9.66. The fourth-order valence-corrected chi connectivity index (χ4v) is 4.35. The predicted octanol–water partition coefficient (Wildman–Crippen LogP) is 3.23. The van der Waals surface area contributed by atoms with Gasteiger partial charge in [-0.05, 0) is 56.8 Å². The molecule has 3 aliphatic rings. The summed E-state index contributed by atoms with van der Waals surface area (Å²) in [5.74, 6) is 1.87. The molecule has 110 valence electrons. The number of rotatable bonds is 3. The Bertz CT molecular complexity index is 301. The first kappa shape index (κ1) is 13.9. The van der Waals surface area contributed by atoms with Crippen LogP contribution in [0.2, 0.25) is 0 Å². The van der Waals surface area contributed by atoms with Crippen LogP contribution in [0.25, 0.3) is 0 Å². The van der Waals surface area contributed by atoms with Crippen molar-refractivity contribution in [1.82, 2.24) is 9.80 Å². The van der Waals surface area contributed by atoms with Gasteiger partial charge in [0.1, 0.15) is 0 Å². The van der Waals surface area contributed by atoms with E-state index in [1.165, 1.54) is 51.9 Å². The zero-order valence-corrected chi connectivity index (χ0v) is 13.4. The SMILES string of the molecule is CC(C)C1CN(C2CCC3(CC2)CN(C(C)C)C3)C1. The number of hydrogen-bond acceptors (Lipinski definition) is 2. The van der Waals surface area contributed by atoms with Crippen molar-refractivity contribution >= 4 is 0 Å². The molecule has 2 aliphatic heterocycles. The van der Waals surface area contributed by atoms with E-state index in [0.29, 0.717) is 0 Å². The van der Waals surface area contributed by atoms with Crippen LogP contribution in [0.3, 0.4) is 0 Å². The minimum atomic E-state index is 0.725. The molecule has 0 aromatic rings. The molecule has 0 atom stereocenters. The molecule has 1 spiro atoms. The first-order chi connectivity index (χ1) is 8.99. The molecule has 3 fully saturated rings. The maximum absolute atomic E-state index is 2.77. The third-order valence-electron chi connectivity index (χ3n) is 6.22. The van der Waals surface area contributed by atoms with Gasteiger partial charge in [-0.15, -0.1) is 0 Å². The fourth-order valence-electron chi connectivity index (χ4n) is 4.35. The molecule has 1 aliphatic carbocycles. The highest BCUT2D eigenvalue weighted by Crippen LogP contribution is 2.46. The molecule has 1 saturated carbocycles. The van der Waals surface area contributed by atoms with Crippen molar-refractivity contribution in [2.24, 2.45) is 17.3 Å². The second kappa shape index (κ2) is 5.04. The maximum Gasteiger partial charge on any atom is 0.00959 e. The Labute approximate surface area is 119 Å². The van der Waals surface area contributed by atoms with Crippen molar-refractivity contribution in [3.8, 4) is 0 Å². The van der Waals surface area contributed by atoms with E-state index in [4.69, 9.17) is 0 Å². The van der Waals surface area contributed by atoms with E-state index in [1.807, 2.05) is 0 Å². The van der Waals surface area contributed by atoms with Gasteiger partial charge in [0.25, 0.3) is 0 Å². The van der Waals surface area contributed by atoms with Crippen LogP contribution >= 0.6 is 0 Å². The smallest absolute Gasteiger partial charge is 0.00959 e. The van der Waals surface area contributed by atoms with Crippen molar-refractivity contribution in [1.29, 1.82) is 0 Å². The fraction of sp³-hybridized carbons (Fsp3) is 1.00. The minimum Gasteiger partial charge on any atom is -0.300 e. The number of likely N-dealkylation sites (tertiary alicyclic amines) is 2. The molecule has 0 aromatic heterocycles. The highest BCUT2D eigenvalue weighted by Gasteiger charge is 2.47. The lowest BCUT2D eigenvalue weighted by Crippen LogP contribution is -2.62. The Balaban J connectivity index is 1.42. The van der Waals surface area contributed by atoms with Crippen LogP contribution in [0.5, 0.6) is 0 Å². The average molecular weight is 264 g/mol. The first-order valence-corrected chi connectivity index (χ1v) is 8.47. The standard InChI is InChI=1S/C17H32N2/c1-13(2)15-9-18(10-15)16-5-7-17(8-6-16)11-19(12-17)14(3)4/h13-16H,5-12H2,1-4H3. The van der Waals surface area contributed by atoms with Gasteiger partial charge in [-0.1, -0.05) is 13.8 Å². The molecule has 3 rings (SSSR count). The van der Waals surface area contributed by atoms with E-state index in [9.17, 15) is 0 Å². The number of nitrogens with zero attached hydrogens (tertiary/aromatic N) is 2. The molecule has 2 heteroatoms. The van der Waals surface area contributed by atoms with Crippen LogP contribution in [0, 0.1) is 17.3 Å². The van der Waals surface area contributed by atoms with Gasteiger partial charge >= 0.3 is 0 Å². The Morgan fingerprint density at radius 2 is 1.53 bits per heavy atom. The molecule has 0 aromatic carbocycles. The van der Waals surface area contributed by atoms with Crippen LogP contribution in [-0.2, 0) is 0 Å². The molecule has 2 saturated heterocycles. The van der Waals surface area contributed by atoms with Crippen molar-refractivity contribution in [3.63, 3.8) is 0 Å². The van der Waals surface area contributed by atoms with Gasteiger partial charge in [-0.3, -0.25) is 9.80 Å². The van der Waals surface area contributed by atoms with Gasteiger partial charge in [0, 0.05) is 38.3 Å². The summed E-state index contributed by atoms with van der Waals surface area (Å²) < 4.78 is 0. The summed E-state index contributed by atoms with van der Waals surface area (Å²) in [5.41, 5.74) is 0.725. The predicted molar refractivity (Wildman–Crippen MR) is 81.3 cm³/mol. The normalized spacial score (nSPS) is 30.0. The van der Waals surface area contributed by atoms with Crippen molar-refractivity contribution < 1.29 is 0 Å². The lowest BCUT2D eigenvalue weighted by molar-refractivity contribution is -0.0751. The van der Waals surface area contributed by atoms with E-state index in [0.717, 1.165) is 29.3 Å². The lowest BCUT2D eigenvalue weighted by Gasteiger charge is -2.57. The largest absolute Gasteiger partial charge is 0.300 e. The molecular weight excluding hydrogens is 232 g/mol. The number of hydrogen-bond donors (Lipinski definition) is 0. The van der Waals surface area contributed by atoms with Crippen LogP contribution in [0.1, 0.15) is 53.4 Å². The van der Waals surface area contributed by atoms with Gasteiger partial charge in [0.2, 0.25) is 0 Å². The summed E-state index contributed by atoms with van der Waals surface area (Å²) in [6.07, 6.45) is 5.92. The van der Waals surface area contributed by atoms with Gasteiger partial charge in [0.15, 0.2) is 0 Å². The topological polar surface area (TPSA) is 6.48 Å². The van der Waals surface area contributed by atoms with Gasteiger partial charge in [-0.25, -0.2) is 0 Å². The molecule has 19 heavy (non-hydrogen) atoms. The summed E-state index contributed by atoms with van der Waals surface area (Å²) in [5, 5.41) is 0. The molecular formula is C17H32N2. The van der Waals surface area contributed by atoms with Gasteiger partial charge in [-0.2, -0.15) is 0 Å². The summed E-state index contributed by atoms with van der Waals surface area (Å²) in [6, 6.07) is 1.68. The Kier molecular flexibility index (Phi) is 3.68. The van der Waals surface area contributed by atoms with Crippen LogP contribution in [0.15, 0.2) is 0 Å². The van der Waals surface area contributed by atoms with Gasteiger partial charge < -0.3 is 0 Å². The second-order valence-corrected chi connectivity index (χ2v) is 8.19. The third kappa shape index (κ3) is 2.58. The summed E-state index contributed by atoms with van der Waals surface area (Å²) in [7, 11) is 0. The second-order valence-electron chi connectivity index (χ2n) is 8.19. The summed E-state index contributed by atoms with van der Waals surface area (Å²) >= 11 is 0. The molecule has 0 amide bonds.